The van der Waals surface area contributed by atoms with E-state index in [1.165, 1.54) is 18.3 Å². The molecule has 7 heteroatoms. The smallest absolute Gasteiger partial charge is 0.332 e. The lowest BCUT2D eigenvalue weighted by atomic mass is 10.1. The molecule has 0 saturated heterocycles. The molecule has 0 spiro atoms. The zero-order valence-electron chi connectivity index (χ0n) is 10.3. The molecule has 1 aromatic heterocycles. The maximum absolute atomic E-state index is 11.0. The lowest BCUT2D eigenvalue weighted by Crippen LogP contribution is -1.97. The van der Waals surface area contributed by atoms with E-state index in [2.05, 4.69) is 20.9 Å². The van der Waals surface area contributed by atoms with Gasteiger partial charge in [0.1, 0.15) is 5.75 Å². The Kier molecular flexibility index (Phi) is 3.96. The van der Waals surface area contributed by atoms with Gasteiger partial charge < -0.3 is 4.74 Å². The predicted molar refractivity (Wildman–Crippen MR) is 74.6 cm³/mol. The third-order valence-corrected chi connectivity index (χ3v) is 2.95. The minimum absolute atomic E-state index is 0.114. The summed E-state index contributed by atoms with van der Waals surface area (Å²) in [6.07, 6.45) is 1.41. The molecular formula is C13H8BrN3O3. The Bertz CT molecular complexity index is 725. The molecule has 0 unspecified atom stereocenters. The number of rotatable bonds is 3. The average molecular weight is 334 g/mol. The molecule has 0 amide bonds. The normalized spacial score (nSPS) is 9.85. The second kappa shape index (κ2) is 5.67. The van der Waals surface area contributed by atoms with E-state index < -0.39 is 4.92 Å². The summed E-state index contributed by atoms with van der Waals surface area (Å²) in [5, 5.41) is 19.8. The Morgan fingerprint density at radius 1 is 1.45 bits per heavy atom. The highest BCUT2D eigenvalue weighted by molar-refractivity contribution is 9.10. The second-order valence-electron chi connectivity index (χ2n) is 3.93. The summed E-state index contributed by atoms with van der Waals surface area (Å²) in [4.78, 5) is 14.3. The van der Waals surface area contributed by atoms with Crippen LogP contribution >= 0.6 is 15.9 Å². The quantitative estimate of drug-likeness (QED) is 0.630. The number of aryl methyl sites for hydroxylation is 1. The van der Waals surface area contributed by atoms with Crippen LogP contribution < -0.4 is 4.74 Å². The molecule has 20 heavy (non-hydrogen) atoms. The second-order valence-corrected chi connectivity index (χ2v) is 4.84. The molecule has 2 rings (SSSR count). The molecule has 0 radical (unpaired) electrons. The van der Waals surface area contributed by atoms with E-state index in [4.69, 9.17) is 10.00 Å². The minimum Gasteiger partial charge on any atom is -0.433 e. The Morgan fingerprint density at radius 2 is 2.20 bits per heavy atom. The monoisotopic (exact) mass is 333 g/mol. The summed E-state index contributed by atoms with van der Waals surface area (Å²) in [5.41, 5.74) is 0.912. The van der Waals surface area contributed by atoms with Crippen LogP contribution in [0.4, 0.5) is 5.69 Å². The van der Waals surface area contributed by atoms with Crippen LogP contribution in [0.15, 0.2) is 34.9 Å². The van der Waals surface area contributed by atoms with Crippen molar-refractivity contribution in [1.82, 2.24) is 4.98 Å². The van der Waals surface area contributed by atoms with E-state index in [-0.39, 0.29) is 11.6 Å². The largest absolute Gasteiger partial charge is 0.433 e. The zero-order chi connectivity index (χ0) is 14.7. The van der Waals surface area contributed by atoms with E-state index >= 15 is 0 Å². The average Bonchev–Trinajstić information content (AvgIpc) is 2.42. The molecule has 0 aliphatic carbocycles. The van der Waals surface area contributed by atoms with Gasteiger partial charge in [0.2, 0.25) is 0 Å². The highest BCUT2D eigenvalue weighted by Gasteiger charge is 2.19. The predicted octanol–water partition coefficient (Wildman–Crippen LogP) is 3.72. The zero-order valence-corrected chi connectivity index (χ0v) is 11.9. The van der Waals surface area contributed by atoms with Crippen LogP contribution in [0, 0.1) is 28.4 Å². The molecular weight excluding hydrogens is 326 g/mol. The van der Waals surface area contributed by atoms with Gasteiger partial charge in [-0.05, 0) is 40.5 Å². The first-order chi connectivity index (χ1) is 9.51. The number of nitriles is 1. The van der Waals surface area contributed by atoms with Gasteiger partial charge in [0.25, 0.3) is 5.88 Å². The third kappa shape index (κ3) is 2.92. The maximum Gasteiger partial charge on any atom is 0.332 e. The molecule has 0 fully saturated rings. The molecule has 0 aliphatic rings. The SMILES string of the molecule is Cc1ccc(C#N)cc1Oc1ncc(Br)cc1[N+](=O)[O-]. The maximum atomic E-state index is 11.0. The van der Waals surface area contributed by atoms with Crippen molar-refractivity contribution in [3.63, 3.8) is 0 Å². The van der Waals surface area contributed by atoms with Crippen molar-refractivity contribution in [2.24, 2.45) is 0 Å². The van der Waals surface area contributed by atoms with E-state index in [1.54, 1.807) is 19.1 Å². The van der Waals surface area contributed by atoms with E-state index in [1.807, 2.05) is 6.07 Å². The van der Waals surface area contributed by atoms with E-state index in [0.717, 1.165) is 5.56 Å². The van der Waals surface area contributed by atoms with Crippen LogP contribution in [-0.2, 0) is 0 Å². The number of hydrogen-bond acceptors (Lipinski definition) is 5. The molecule has 0 atom stereocenters. The number of nitro groups is 1. The van der Waals surface area contributed by atoms with Crippen molar-refractivity contribution < 1.29 is 9.66 Å². The topological polar surface area (TPSA) is 89.0 Å². The van der Waals surface area contributed by atoms with Crippen molar-refractivity contribution >= 4 is 21.6 Å². The van der Waals surface area contributed by atoms with Gasteiger partial charge in [0.05, 0.1) is 16.6 Å². The van der Waals surface area contributed by atoms with E-state index in [0.29, 0.717) is 15.8 Å². The minimum atomic E-state index is -0.573. The van der Waals surface area contributed by atoms with E-state index in [9.17, 15) is 10.1 Å². The summed E-state index contributed by atoms with van der Waals surface area (Å²) < 4.78 is 5.96. The van der Waals surface area contributed by atoms with Crippen molar-refractivity contribution in [1.29, 1.82) is 5.26 Å². The van der Waals surface area contributed by atoms with Crippen molar-refractivity contribution in [2.45, 2.75) is 6.92 Å². The summed E-state index contributed by atoms with van der Waals surface area (Å²) in [6.45, 7) is 1.78. The molecule has 0 bridgehead atoms. The van der Waals surface area contributed by atoms with Crippen LogP contribution in [0.25, 0.3) is 0 Å². The Balaban J connectivity index is 2.45. The van der Waals surface area contributed by atoms with Crippen LogP contribution in [-0.4, -0.2) is 9.91 Å². The number of pyridine rings is 1. The molecule has 1 aromatic carbocycles. The number of nitrogens with zero attached hydrogens (tertiary/aromatic N) is 3. The first kappa shape index (κ1) is 14.0. The fraction of sp³-hybridized carbons (Fsp3) is 0.0769. The summed E-state index contributed by atoms with van der Waals surface area (Å²) >= 11 is 3.12. The fourth-order valence-electron chi connectivity index (χ4n) is 1.51. The fourth-order valence-corrected chi connectivity index (χ4v) is 1.83. The van der Waals surface area contributed by atoms with Gasteiger partial charge in [-0.2, -0.15) is 5.26 Å². The highest BCUT2D eigenvalue weighted by atomic mass is 79.9. The van der Waals surface area contributed by atoms with Crippen LogP contribution in [0.1, 0.15) is 11.1 Å². The summed E-state index contributed by atoms with van der Waals surface area (Å²) in [6, 6.07) is 8.16. The van der Waals surface area contributed by atoms with Crippen LogP contribution in [0.3, 0.4) is 0 Å². The number of benzene rings is 1. The molecule has 1 heterocycles. The van der Waals surface area contributed by atoms with Crippen LogP contribution in [0.5, 0.6) is 11.6 Å². The van der Waals surface area contributed by atoms with Crippen molar-refractivity contribution in [3.05, 3.63) is 56.2 Å². The lowest BCUT2D eigenvalue weighted by Gasteiger charge is -2.08. The molecule has 0 saturated carbocycles. The number of aromatic nitrogens is 1. The van der Waals surface area contributed by atoms with Crippen LogP contribution in [0.2, 0.25) is 0 Å². The first-order valence-electron chi connectivity index (χ1n) is 5.50. The molecule has 6 nitrogen and oxygen atoms in total. The Labute approximate surface area is 122 Å². The first-order valence-corrected chi connectivity index (χ1v) is 6.29. The van der Waals surface area contributed by atoms with Gasteiger partial charge in [-0.25, -0.2) is 4.98 Å². The van der Waals surface area contributed by atoms with Crippen molar-refractivity contribution in [3.8, 4) is 17.7 Å². The summed E-state index contributed by atoms with van der Waals surface area (Å²) in [5.74, 6) is 0.248. The van der Waals surface area contributed by atoms with Gasteiger partial charge >= 0.3 is 5.69 Å². The standard InChI is InChI=1S/C13H8BrN3O3/c1-8-2-3-9(6-15)4-12(8)20-13-11(17(18)19)5-10(14)7-16-13/h2-5,7H,1H3. The Hall–Kier alpha value is -2.46. The van der Waals surface area contributed by atoms with Crippen molar-refractivity contribution in [2.75, 3.05) is 0 Å². The highest BCUT2D eigenvalue weighted by Crippen LogP contribution is 2.32. The molecule has 0 N–H and O–H groups in total. The van der Waals surface area contributed by atoms with Gasteiger partial charge in [-0.15, -0.1) is 0 Å². The molecule has 100 valence electrons. The van der Waals surface area contributed by atoms with Gasteiger partial charge in [0, 0.05) is 16.7 Å². The van der Waals surface area contributed by atoms with Gasteiger partial charge in [0.15, 0.2) is 0 Å². The number of ether oxygens (including phenoxy) is 1. The number of hydrogen-bond donors (Lipinski definition) is 0. The van der Waals surface area contributed by atoms with Gasteiger partial charge in [-0.3, -0.25) is 10.1 Å². The molecule has 2 aromatic rings. The lowest BCUT2D eigenvalue weighted by molar-refractivity contribution is -0.386. The third-order valence-electron chi connectivity index (χ3n) is 2.52. The van der Waals surface area contributed by atoms with Gasteiger partial charge in [-0.1, -0.05) is 6.07 Å². The Morgan fingerprint density at radius 3 is 2.85 bits per heavy atom. The number of halogens is 1. The molecule has 0 aliphatic heterocycles. The summed E-state index contributed by atoms with van der Waals surface area (Å²) in [7, 11) is 0.